The van der Waals surface area contributed by atoms with Crippen molar-refractivity contribution in [3.8, 4) is 28.1 Å². The van der Waals surface area contributed by atoms with Crippen molar-refractivity contribution in [3.05, 3.63) is 83.7 Å². The van der Waals surface area contributed by atoms with Crippen molar-refractivity contribution in [2.24, 2.45) is 0 Å². The predicted molar refractivity (Wildman–Crippen MR) is 109 cm³/mol. The normalized spacial score (nSPS) is 12.3. The van der Waals surface area contributed by atoms with Gasteiger partial charge in [-0.3, -0.25) is 0 Å². The number of aromatic nitrogens is 1. The maximum atomic E-state index is 13.8. The van der Waals surface area contributed by atoms with E-state index in [2.05, 4.69) is 18.2 Å². The zero-order valence-corrected chi connectivity index (χ0v) is 15.4. The predicted octanol–water partition coefficient (Wildman–Crippen LogP) is 5.86. The molecule has 5 rings (SSSR count). The van der Waals surface area contributed by atoms with Crippen LogP contribution >= 0.6 is 0 Å². The number of nitrogens with zero attached hydrogens (tertiary/aromatic N) is 1. The van der Waals surface area contributed by atoms with E-state index in [4.69, 9.17) is 9.72 Å². The van der Waals surface area contributed by atoms with Crippen molar-refractivity contribution in [3.63, 3.8) is 0 Å². The molecule has 1 N–H and O–H groups in total. The van der Waals surface area contributed by atoms with Gasteiger partial charge in [-0.2, -0.15) is 0 Å². The topological polar surface area (TPSA) is 59.4 Å². The number of hydrogen-bond donors (Lipinski definition) is 1. The fourth-order valence-electron chi connectivity index (χ4n) is 4.01. The molecule has 0 unspecified atom stereocenters. The van der Waals surface area contributed by atoms with Gasteiger partial charge in [-0.15, -0.1) is 0 Å². The summed E-state index contributed by atoms with van der Waals surface area (Å²) in [6.45, 7) is 0. The summed E-state index contributed by atoms with van der Waals surface area (Å²) < 4.78 is 18.9. The summed E-state index contributed by atoms with van der Waals surface area (Å²) in [4.78, 5) is 16.0. The maximum Gasteiger partial charge on any atom is 0.511 e. The molecule has 1 heterocycles. The lowest BCUT2D eigenvalue weighted by Gasteiger charge is -2.23. The number of carboxylic acid groups (broad SMARTS) is 1. The number of pyridine rings is 1. The zero-order chi connectivity index (χ0) is 20.0. The molecule has 142 valence electrons. The number of rotatable bonds is 2. The van der Waals surface area contributed by atoms with Gasteiger partial charge in [-0.25, -0.2) is 14.2 Å². The van der Waals surface area contributed by atoms with Gasteiger partial charge in [0.25, 0.3) is 0 Å². The number of benzene rings is 3. The lowest BCUT2D eigenvalue weighted by atomic mass is 9.86. The summed E-state index contributed by atoms with van der Waals surface area (Å²) >= 11 is 0. The molecule has 0 radical (unpaired) electrons. The van der Waals surface area contributed by atoms with Crippen molar-refractivity contribution in [1.82, 2.24) is 4.98 Å². The third-order valence-electron chi connectivity index (χ3n) is 5.30. The molecule has 0 fully saturated rings. The van der Waals surface area contributed by atoms with Crippen molar-refractivity contribution in [1.29, 1.82) is 0 Å². The number of ether oxygens (including phenoxy) is 1. The minimum absolute atomic E-state index is 0.176. The van der Waals surface area contributed by atoms with Gasteiger partial charge in [0.05, 0.1) is 11.2 Å². The van der Waals surface area contributed by atoms with Crippen LogP contribution < -0.4 is 4.74 Å². The summed E-state index contributed by atoms with van der Waals surface area (Å²) in [5.41, 5.74) is 6.25. The van der Waals surface area contributed by atoms with E-state index < -0.39 is 12.0 Å². The van der Waals surface area contributed by atoms with E-state index in [1.54, 1.807) is 6.07 Å². The second-order valence-corrected chi connectivity index (χ2v) is 7.04. The SMILES string of the molecule is O=C(O)Oc1c2c(nc3ccc(F)cc13)-c1ccc(-c3ccccc3)cc1CC2. The van der Waals surface area contributed by atoms with E-state index in [0.29, 0.717) is 28.6 Å². The standard InChI is InChI=1S/C24H16FNO3/c25-17-8-11-21-20(13-17)23(29-24(27)28)19-10-7-16-12-15(14-4-2-1-3-5-14)6-9-18(16)22(19)26-21/h1-6,8-9,11-13H,7,10H2,(H,27,28). The summed E-state index contributed by atoms with van der Waals surface area (Å²) in [7, 11) is 0. The average Bonchev–Trinajstić information content (AvgIpc) is 2.73. The lowest BCUT2D eigenvalue weighted by Crippen LogP contribution is -2.12. The second-order valence-electron chi connectivity index (χ2n) is 7.04. The highest BCUT2D eigenvalue weighted by Crippen LogP contribution is 2.42. The monoisotopic (exact) mass is 385 g/mol. The summed E-state index contributed by atoms with van der Waals surface area (Å²) in [6.07, 6.45) is -0.126. The molecule has 1 aliphatic rings. The van der Waals surface area contributed by atoms with Gasteiger partial charge in [0.1, 0.15) is 11.6 Å². The molecule has 0 saturated heterocycles. The molecule has 4 nitrogen and oxygen atoms in total. The molecule has 1 aromatic heterocycles. The number of hydrogen-bond acceptors (Lipinski definition) is 3. The van der Waals surface area contributed by atoms with Gasteiger partial charge in [0.2, 0.25) is 0 Å². The Morgan fingerprint density at radius 2 is 1.79 bits per heavy atom. The van der Waals surface area contributed by atoms with E-state index in [9.17, 15) is 14.3 Å². The molecule has 0 bridgehead atoms. The van der Waals surface area contributed by atoms with Crippen LogP contribution in [-0.2, 0) is 12.8 Å². The minimum Gasteiger partial charge on any atom is -0.449 e. The van der Waals surface area contributed by atoms with Gasteiger partial charge in [-0.1, -0.05) is 48.5 Å². The first kappa shape index (κ1) is 17.4. The first-order chi connectivity index (χ1) is 14.1. The van der Waals surface area contributed by atoms with Crippen LogP contribution in [0.15, 0.2) is 66.7 Å². The van der Waals surface area contributed by atoms with Gasteiger partial charge in [-0.05, 0) is 47.7 Å². The Hall–Kier alpha value is -3.73. The largest absolute Gasteiger partial charge is 0.511 e. The van der Waals surface area contributed by atoms with Crippen LogP contribution in [0, 0.1) is 5.82 Å². The molecular formula is C24H16FNO3. The Balaban J connectivity index is 1.72. The zero-order valence-electron chi connectivity index (χ0n) is 15.4. The molecule has 5 heteroatoms. The third-order valence-corrected chi connectivity index (χ3v) is 5.30. The Labute approximate surface area is 166 Å². The first-order valence-electron chi connectivity index (χ1n) is 9.32. The summed E-state index contributed by atoms with van der Waals surface area (Å²) in [6, 6.07) is 20.5. The average molecular weight is 385 g/mol. The van der Waals surface area contributed by atoms with Gasteiger partial charge in [0, 0.05) is 16.5 Å². The highest BCUT2D eigenvalue weighted by Gasteiger charge is 2.25. The molecule has 0 saturated carbocycles. The van der Waals surface area contributed by atoms with Gasteiger partial charge >= 0.3 is 6.16 Å². The van der Waals surface area contributed by atoms with Crippen LogP contribution in [0.25, 0.3) is 33.3 Å². The number of fused-ring (bicyclic) bond motifs is 4. The van der Waals surface area contributed by atoms with Gasteiger partial charge < -0.3 is 9.84 Å². The van der Waals surface area contributed by atoms with Crippen molar-refractivity contribution < 1.29 is 19.0 Å². The highest BCUT2D eigenvalue weighted by molar-refractivity contribution is 5.93. The minimum atomic E-state index is -1.42. The van der Waals surface area contributed by atoms with E-state index in [1.165, 1.54) is 12.1 Å². The Bertz CT molecular complexity index is 1270. The first-order valence-corrected chi connectivity index (χ1v) is 9.32. The summed E-state index contributed by atoms with van der Waals surface area (Å²) in [5.74, 6) is -0.284. The number of halogens is 1. The maximum absolute atomic E-state index is 13.8. The van der Waals surface area contributed by atoms with E-state index in [-0.39, 0.29) is 5.75 Å². The van der Waals surface area contributed by atoms with Crippen molar-refractivity contribution >= 4 is 17.1 Å². The number of aryl methyl sites for hydroxylation is 1. The molecule has 29 heavy (non-hydrogen) atoms. The lowest BCUT2D eigenvalue weighted by molar-refractivity contribution is 0.144. The molecule has 4 aromatic rings. The third kappa shape index (κ3) is 3.01. The molecular weight excluding hydrogens is 369 g/mol. The van der Waals surface area contributed by atoms with Gasteiger partial charge in [0.15, 0.2) is 0 Å². The van der Waals surface area contributed by atoms with Crippen LogP contribution in [0.4, 0.5) is 9.18 Å². The molecule has 0 amide bonds. The Morgan fingerprint density at radius 1 is 0.966 bits per heavy atom. The highest BCUT2D eigenvalue weighted by atomic mass is 19.1. The fourth-order valence-corrected chi connectivity index (χ4v) is 4.01. The van der Waals surface area contributed by atoms with Crippen LogP contribution in [-0.4, -0.2) is 16.2 Å². The van der Waals surface area contributed by atoms with Crippen LogP contribution in [0.2, 0.25) is 0 Å². The molecule has 0 atom stereocenters. The van der Waals surface area contributed by atoms with E-state index in [1.807, 2.05) is 30.3 Å². The fraction of sp³-hybridized carbons (Fsp3) is 0.0833. The summed E-state index contributed by atoms with van der Waals surface area (Å²) in [5, 5.41) is 9.59. The molecule has 0 aliphatic heterocycles. The second kappa shape index (κ2) is 6.71. The van der Waals surface area contributed by atoms with E-state index in [0.717, 1.165) is 28.7 Å². The molecule has 1 aliphatic carbocycles. The van der Waals surface area contributed by atoms with Crippen molar-refractivity contribution in [2.75, 3.05) is 0 Å². The smallest absolute Gasteiger partial charge is 0.449 e. The van der Waals surface area contributed by atoms with E-state index >= 15 is 0 Å². The van der Waals surface area contributed by atoms with Crippen LogP contribution in [0.1, 0.15) is 11.1 Å². The Morgan fingerprint density at radius 3 is 2.59 bits per heavy atom. The van der Waals surface area contributed by atoms with Crippen LogP contribution in [0.3, 0.4) is 0 Å². The van der Waals surface area contributed by atoms with Crippen molar-refractivity contribution in [2.45, 2.75) is 12.8 Å². The number of carbonyl (C=O) groups is 1. The van der Waals surface area contributed by atoms with Crippen LogP contribution in [0.5, 0.6) is 5.75 Å². The Kier molecular flexibility index (Phi) is 4.02. The molecule has 0 spiro atoms. The quantitative estimate of drug-likeness (QED) is 0.439. The molecule has 3 aromatic carbocycles.